The molecule has 0 aliphatic carbocycles. The molecule has 0 unspecified atom stereocenters. The fraction of sp³-hybridized carbons (Fsp3) is 0.118. The number of amides is 1. The smallest absolute Gasteiger partial charge is 0.273 e. The Balaban J connectivity index is 1.74. The van der Waals surface area contributed by atoms with E-state index in [1.807, 2.05) is 0 Å². The average molecular weight is 354 g/mol. The normalized spacial score (nSPS) is 10.6. The van der Waals surface area contributed by atoms with Gasteiger partial charge in [-0.2, -0.15) is 0 Å². The molecule has 9 nitrogen and oxygen atoms in total. The number of nitrogens with one attached hydrogen (secondary N) is 2. The van der Waals surface area contributed by atoms with Gasteiger partial charge in [-0.15, -0.1) is 0 Å². The Hall–Kier alpha value is -3.75. The van der Waals surface area contributed by atoms with Gasteiger partial charge in [0, 0.05) is 24.2 Å². The summed E-state index contributed by atoms with van der Waals surface area (Å²) in [5.41, 5.74) is -0.677. The molecule has 0 spiro atoms. The van der Waals surface area contributed by atoms with Crippen LogP contribution in [0.15, 0.2) is 58.1 Å². The van der Waals surface area contributed by atoms with E-state index in [2.05, 4.69) is 10.4 Å². The third kappa shape index (κ3) is 3.51. The van der Waals surface area contributed by atoms with Crippen molar-refractivity contribution in [3.8, 4) is 0 Å². The molecule has 132 valence electrons. The second kappa shape index (κ2) is 7.01. The molecule has 0 saturated carbocycles. The van der Waals surface area contributed by atoms with Gasteiger partial charge in [0.05, 0.1) is 22.2 Å². The highest BCUT2D eigenvalue weighted by Crippen LogP contribution is 2.17. The zero-order chi connectivity index (χ0) is 18.7. The van der Waals surface area contributed by atoms with E-state index in [0.29, 0.717) is 0 Å². The van der Waals surface area contributed by atoms with E-state index in [9.17, 15) is 24.5 Å². The minimum absolute atomic E-state index is 0.0281. The number of nitro benzene ring substituents is 1. The number of nitro groups is 1. The van der Waals surface area contributed by atoms with Gasteiger partial charge in [-0.25, -0.2) is 4.68 Å². The lowest BCUT2D eigenvalue weighted by atomic mass is 10.2. The van der Waals surface area contributed by atoms with Crippen LogP contribution in [0.3, 0.4) is 0 Å². The topological polar surface area (TPSA) is 127 Å². The Morgan fingerprint density at radius 3 is 2.58 bits per heavy atom. The van der Waals surface area contributed by atoms with Crippen LogP contribution in [-0.4, -0.2) is 20.6 Å². The van der Waals surface area contributed by atoms with E-state index in [4.69, 9.17) is 0 Å². The first-order valence-corrected chi connectivity index (χ1v) is 7.72. The quantitative estimate of drug-likeness (QED) is 0.532. The molecular formula is C17H14N4O5. The number of fused-ring (bicyclic) bond motifs is 1. The van der Waals surface area contributed by atoms with E-state index in [1.165, 1.54) is 24.3 Å². The second-order valence-electron chi connectivity index (χ2n) is 5.55. The van der Waals surface area contributed by atoms with Gasteiger partial charge >= 0.3 is 0 Å². The number of nitrogens with zero attached hydrogens (tertiary/aromatic N) is 2. The predicted molar refractivity (Wildman–Crippen MR) is 95.2 cm³/mol. The zero-order valence-corrected chi connectivity index (χ0v) is 13.5. The molecule has 3 aromatic rings. The number of aromatic amines is 1. The number of anilines is 1. The highest BCUT2D eigenvalue weighted by molar-refractivity contribution is 5.91. The predicted octanol–water partition coefficient (Wildman–Crippen LogP) is 1.63. The molecule has 3 rings (SSSR count). The Morgan fingerprint density at radius 2 is 1.85 bits per heavy atom. The van der Waals surface area contributed by atoms with Crippen molar-refractivity contribution in [2.45, 2.75) is 13.0 Å². The van der Waals surface area contributed by atoms with Crippen molar-refractivity contribution in [2.75, 3.05) is 5.32 Å². The number of carbonyl (C=O) groups is 1. The summed E-state index contributed by atoms with van der Waals surface area (Å²) in [5.74, 6) is -0.439. The maximum absolute atomic E-state index is 12.4. The first kappa shape index (κ1) is 17.1. The summed E-state index contributed by atoms with van der Waals surface area (Å²) in [4.78, 5) is 46.6. The summed E-state index contributed by atoms with van der Waals surface area (Å²) in [5, 5.41) is 16.3. The minimum Gasteiger partial charge on any atom is -0.326 e. The van der Waals surface area contributed by atoms with Crippen molar-refractivity contribution in [1.29, 1.82) is 0 Å². The van der Waals surface area contributed by atoms with Crippen LogP contribution in [0, 0.1) is 10.1 Å². The van der Waals surface area contributed by atoms with E-state index >= 15 is 0 Å². The number of hydrogen-bond acceptors (Lipinski definition) is 5. The van der Waals surface area contributed by atoms with E-state index in [1.54, 1.807) is 24.3 Å². The van der Waals surface area contributed by atoms with Gasteiger partial charge in [0.25, 0.3) is 16.8 Å². The van der Waals surface area contributed by atoms with Crippen LogP contribution in [0.4, 0.5) is 11.4 Å². The second-order valence-corrected chi connectivity index (χ2v) is 5.55. The molecule has 0 radical (unpaired) electrons. The lowest BCUT2D eigenvalue weighted by Gasteiger charge is -2.08. The Labute approximate surface area is 146 Å². The van der Waals surface area contributed by atoms with Crippen molar-refractivity contribution in [3.63, 3.8) is 0 Å². The highest BCUT2D eigenvalue weighted by atomic mass is 16.6. The molecule has 0 aliphatic rings. The van der Waals surface area contributed by atoms with Gasteiger partial charge in [0.2, 0.25) is 5.91 Å². The molecule has 1 amide bonds. The number of aromatic nitrogens is 2. The van der Waals surface area contributed by atoms with Crippen LogP contribution >= 0.6 is 0 Å². The maximum atomic E-state index is 12.4. The summed E-state index contributed by atoms with van der Waals surface area (Å²) in [7, 11) is 0. The summed E-state index contributed by atoms with van der Waals surface area (Å²) in [6.45, 7) is -0.0281. The molecule has 26 heavy (non-hydrogen) atoms. The van der Waals surface area contributed by atoms with Crippen molar-refractivity contribution in [2.24, 2.45) is 0 Å². The largest absolute Gasteiger partial charge is 0.326 e. The molecule has 2 N–H and O–H groups in total. The summed E-state index contributed by atoms with van der Waals surface area (Å²) >= 11 is 0. The van der Waals surface area contributed by atoms with Gasteiger partial charge in [-0.05, 0) is 18.2 Å². The molecule has 1 heterocycles. The van der Waals surface area contributed by atoms with Gasteiger partial charge in [0.1, 0.15) is 0 Å². The van der Waals surface area contributed by atoms with Crippen molar-refractivity contribution in [3.05, 3.63) is 79.4 Å². The van der Waals surface area contributed by atoms with Crippen LogP contribution in [-0.2, 0) is 11.3 Å². The minimum atomic E-state index is -0.560. The van der Waals surface area contributed by atoms with E-state index in [0.717, 1.165) is 4.68 Å². The molecule has 0 bridgehead atoms. The van der Waals surface area contributed by atoms with Crippen molar-refractivity contribution >= 4 is 28.1 Å². The third-order valence-electron chi connectivity index (χ3n) is 3.79. The number of carbonyl (C=O) groups excluding carboxylic acids is 1. The molecule has 2 aromatic carbocycles. The Bertz CT molecular complexity index is 1120. The molecule has 0 atom stereocenters. The molecular weight excluding hydrogens is 340 g/mol. The summed E-state index contributed by atoms with van der Waals surface area (Å²) in [6.07, 6.45) is -0.0864. The highest BCUT2D eigenvalue weighted by Gasteiger charge is 2.10. The number of non-ortho nitro benzene ring substituents is 1. The lowest BCUT2D eigenvalue weighted by molar-refractivity contribution is -0.384. The van der Waals surface area contributed by atoms with Crippen LogP contribution in [0.5, 0.6) is 0 Å². The van der Waals surface area contributed by atoms with Crippen molar-refractivity contribution in [1.82, 2.24) is 9.78 Å². The number of H-pyrrole nitrogens is 1. The zero-order valence-electron chi connectivity index (χ0n) is 13.5. The van der Waals surface area contributed by atoms with Gasteiger partial charge in [0.15, 0.2) is 0 Å². The first-order chi connectivity index (χ1) is 12.5. The number of benzene rings is 2. The number of aryl methyl sites for hydroxylation is 1. The van der Waals surface area contributed by atoms with E-state index < -0.39 is 21.9 Å². The summed E-state index contributed by atoms with van der Waals surface area (Å²) in [6, 6.07) is 11.9. The van der Waals surface area contributed by atoms with Crippen LogP contribution in [0.25, 0.3) is 10.8 Å². The van der Waals surface area contributed by atoms with Crippen LogP contribution < -0.4 is 16.4 Å². The maximum Gasteiger partial charge on any atom is 0.273 e. The standard InChI is InChI=1S/C17H14N4O5/c22-15(18-11-4-3-5-12(10-11)21(25)26)8-9-20-17(24)14-7-2-1-6-13(14)16(23)19-20/h1-7,10H,8-9H2,(H,18,22)(H,19,23). The fourth-order valence-corrected chi connectivity index (χ4v) is 2.54. The summed E-state index contributed by atoms with van der Waals surface area (Å²) < 4.78 is 1.08. The SMILES string of the molecule is O=C(CCn1[nH]c(=O)c2ccccc2c1=O)Nc1cccc([N+](=O)[O-])c1. The van der Waals surface area contributed by atoms with Crippen LogP contribution in [0.2, 0.25) is 0 Å². The third-order valence-corrected chi connectivity index (χ3v) is 3.79. The molecule has 0 fully saturated rings. The molecule has 0 aliphatic heterocycles. The number of hydrogen-bond donors (Lipinski definition) is 2. The Kier molecular flexibility index (Phi) is 4.61. The first-order valence-electron chi connectivity index (χ1n) is 7.72. The molecule has 0 saturated heterocycles. The van der Waals surface area contributed by atoms with Gasteiger partial charge in [-0.3, -0.25) is 29.6 Å². The molecule has 1 aromatic heterocycles. The molecule has 9 heteroatoms. The fourth-order valence-electron chi connectivity index (χ4n) is 2.54. The van der Waals surface area contributed by atoms with Crippen molar-refractivity contribution < 1.29 is 9.72 Å². The van der Waals surface area contributed by atoms with Gasteiger partial charge < -0.3 is 5.32 Å². The van der Waals surface area contributed by atoms with E-state index in [-0.39, 0.29) is 35.1 Å². The monoisotopic (exact) mass is 354 g/mol. The Morgan fingerprint density at radius 1 is 1.12 bits per heavy atom. The average Bonchev–Trinajstić information content (AvgIpc) is 2.64. The van der Waals surface area contributed by atoms with Crippen LogP contribution in [0.1, 0.15) is 6.42 Å². The number of rotatable bonds is 5. The van der Waals surface area contributed by atoms with Gasteiger partial charge in [-0.1, -0.05) is 18.2 Å². The lowest BCUT2D eigenvalue weighted by Crippen LogP contribution is -2.31.